The molecule has 0 radical (unpaired) electrons. The molecule has 0 aliphatic carbocycles. The van der Waals surface area contributed by atoms with Crippen molar-refractivity contribution in [3.8, 4) is 0 Å². The molecule has 18 heavy (non-hydrogen) atoms. The van der Waals surface area contributed by atoms with Gasteiger partial charge in [-0.2, -0.15) is 4.37 Å². The highest BCUT2D eigenvalue weighted by Crippen LogP contribution is 2.21. The van der Waals surface area contributed by atoms with Gasteiger partial charge in [0, 0.05) is 24.5 Å². The number of aromatic nitrogens is 2. The summed E-state index contributed by atoms with van der Waals surface area (Å²) in [5.74, 6) is 1.70. The Balaban J connectivity index is 1.89. The fraction of sp³-hybridized carbons (Fsp3) is 0.818. The summed E-state index contributed by atoms with van der Waals surface area (Å²) in [6.07, 6.45) is 2.40. The van der Waals surface area contributed by atoms with E-state index in [9.17, 15) is 8.42 Å². The summed E-state index contributed by atoms with van der Waals surface area (Å²) >= 11 is 1.31. The maximum atomic E-state index is 11.7. The summed E-state index contributed by atoms with van der Waals surface area (Å²) in [5, 5.41) is 3.58. The quantitative estimate of drug-likeness (QED) is 0.893. The van der Waals surface area contributed by atoms with Crippen LogP contribution in [0.1, 0.15) is 32.5 Å². The lowest BCUT2D eigenvalue weighted by atomic mass is 10.1. The van der Waals surface area contributed by atoms with E-state index in [1.54, 1.807) is 0 Å². The van der Waals surface area contributed by atoms with Crippen LogP contribution < -0.4 is 5.32 Å². The number of sulfone groups is 1. The summed E-state index contributed by atoms with van der Waals surface area (Å²) in [6, 6.07) is 0. The van der Waals surface area contributed by atoms with Gasteiger partial charge in [-0.15, -0.1) is 0 Å². The lowest BCUT2D eigenvalue weighted by molar-refractivity contribution is 0.591. The van der Waals surface area contributed by atoms with Crippen molar-refractivity contribution in [3.63, 3.8) is 0 Å². The zero-order chi connectivity index (χ0) is 13.2. The van der Waals surface area contributed by atoms with Crippen molar-refractivity contribution in [2.75, 3.05) is 17.6 Å². The van der Waals surface area contributed by atoms with Gasteiger partial charge in [0.25, 0.3) is 0 Å². The Labute approximate surface area is 112 Å². The first-order valence-electron chi connectivity index (χ1n) is 6.25. The molecular weight excluding hydrogens is 270 g/mol. The van der Waals surface area contributed by atoms with Crippen LogP contribution in [0.3, 0.4) is 0 Å². The van der Waals surface area contributed by atoms with Crippen LogP contribution in [0.25, 0.3) is 0 Å². The van der Waals surface area contributed by atoms with Gasteiger partial charge in [-0.05, 0) is 18.8 Å². The van der Waals surface area contributed by atoms with Gasteiger partial charge >= 0.3 is 0 Å². The van der Waals surface area contributed by atoms with Crippen LogP contribution in [0.2, 0.25) is 0 Å². The van der Waals surface area contributed by atoms with E-state index in [1.165, 1.54) is 11.5 Å². The third kappa shape index (κ3) is 3.41. The molecule has 1 aromatic rings. The number of nitrogens with one attached hydrogen (secondary N) is 1. The van der Waals surface area contributed by atoms with Crippen molar-refractivity contribution >= 4 is 26.5 Å². The highest BCUT2D eigenvalue weighted by atomic mass is 32.2. The Kier molecular flexibility index (Phi) is 4.21. The molecule has 1 atom stereocenters. The fourth-order valence-electron chi connectivity index (χ4n) is 2.06. The van der Waals surface area contributed by atoms with E-state index in [0.29, 0.717) is 18.2 Å². The number of nitrogens with zero attached hydrogens (tertiary/aromatic N) is 2. The third-order valence-corrected chi connectivity index (χ3v) is 5.99. The van der Waals surface area contributed by atoms with Gasteiger partial charge in [0.15, 0.2) is 9.84 Å². The Morgan fingerprint density at radius 1 is 1.50 bits per heavy atom. The Morgan fingerprint density at radius 2 is 2.28 bits per heavy atom. The lowest BCUT2D eigenvalue weighted by Gasteiger charge is -2.08. The Bertz CT molecular complexity index is 496. The number of hydrogen-bond acceptors (Lipinski definition) is 6. The number of rotatable bonds is 5. The topological polar surface area (TPSA) is 72.0 Å². The van der Waals surface area contributed by atoms with Gasteiger partial charge in [-0.25, -0.2) is 13.4 Å². The van der Waals surface area contributed by atoms with Crippen LogP contribution in [0, 0.1) is 5.92 Å². The molecule has 0 spiro atoms. The molecule has 102 valence electrons. The Hall–Kier alpha value is -0.690. The lowest BCUT2D eigenvalue weighted by Crippen LogP contribution is -2.24. The third-order valence-electron chi connectivity index (χ3n) is 3.00. The van der Waals surface area contributed by atoms with Gasteiger partial charge in [0.05, 0.1) is 11.0 Å². The molecule has 1 aliphatic rings. The monoisotopic (exact) mass is 289 g/mol. The molecule has 1 fully saturated rings. The summed E-state index contributed by atoms with van der Waals surface area (Å²) in [7, 11) is -2.88. The van der Waals surface area contributed by atoms with Crippen molar-refractivity contribution in [2.45, 2.75) is 38.4 Å². The largest absolute Gasteiger partial charge is 0.359 e. The van der Waals surface area contributed by atoms with Gasteiger partial charge in [0.2, 0.25) is 5.13 Å². The second kappa shape index (κ2) is 5.52. The first-order chi connectivity index (χ1) is 8.47. The normalized spacial score (nSPS) is 22.5. The van der Waals surface area contributed by atoms with Crippen LogP contribution in [0.15, 0.2) is 0 Å². The molecule has 0 aromatic carbocycles. The average Bonchev–Trinajstić information content (AvgIpc) is 2.81. The maximum Gasteiger partial charge on any atom is 0.202 e. The minimum absolute atomic E-state index is 0.255. The highest BCUT2D eigenvalue weighted by Gasteiger charge is 2.31. The second-order valence-electron chi connectivity index (χ2n) is 5.13. The van der Waals surface area contributed by atoms with Crippen molar-refractivity contribution in [1.29, 1.82) is 0 Å². The van der Waals surface area contributed by atoms with Crippen LogP contribution >= 0.6 is 11.5 Å². The average molecular weight is 289 g/mol. The summed E-state index contributed by atoms with van der Waals surface area (Å²) in [5.41, 5.74) is 0. The molecule has 2 rings (SSSR count). The van der Waals surface area contributed by atoms with E-state index in [0.717, 1.165) is 30.2 Å². The van der Waals surface area contributed by atoms with E-state index in [-0.39, 0.29) is 5.25 Å². The first kappa shape index (κ1) is 13.7. The number of anilines is 1. The molecule has 1 unspecified atom stereocenters. The molecule has 7 heteroatoms. The van der Waals surface area contributed by atoms with E-state index in [4.69, 9.17) is 0 Å². The number of hydrogen-bond donors (Lipinski definition) is 1. The standard InChI is InChI=1S/C11H19N3O2S2/c1-8(2)6-10-13-11(17-14-10)12-7-9-4-3-5-18(9,15)16/h8-9H,3-7H2,1-2H3,(H,12,13,14). The molecule has 1 N–H and O–H groups in total. The van der Waals surface area contributed by atoms with Crippen molar-refractivity contribution < 1.29 is 8.42 Å². The van der Waals surface area contributed by atoms with Crippen molar-refractivity contribution in [2.24, 2.45) is 5.92 Å². The SMILES string of the molecule is CC(C)Cc1nsc(NCC2CCCS2(=O)=O)n1. The van der Waals surface area contributed by atoms with Crippen LogP contribution in [0.5, 0.6) is 0 Å². The van der Waals surface area contributed by atoms with Crippen LogP contribution in [-0.2, 0) is 16.3 Å². The minimum Gasteiger partial charge on any atom is -0.359 e. The maximum absolute atomic E-state index is 11.7. The van der Waals surface area contributed by atoms with Crippen molar-refractivity contribution in [1.82, 2.24) is 9.36 Å². The highest BCUT2D eigenvalue weighted by molar-refractivity contribution is 7.92. The molecule has 0 saturated carbocycles. The van der Waals surface area contributed by atoms with E-state index in [2.05, 4.69) is 28.5 Å². The predicted molar refractivity (Wildman–Crippen MR) is 73.7 cm³/mol. The zero-order valence-corrected chi connectivity index (χ0v) is 12.4. The first-order valence-corrected chi connectivity index (χ1v) is 8.74. The van der Waals surface area contributed by atoms with Crippen LogP contribution in [-0.4, -0.2) is 35.3 Å². The molecule has 2 heterocycles. The second-order valence-corrected chi connectivity index (χ2v) is 8.28. The smallest absolute Gasteiger partial charge is 0.202 e. The van der Waals surface area contributed by atoms with Gasteiger partial charge < -0.3 is 5.32 Å². The molecule has 5 nitrogen and oxygen atoms in total. The van der Waals surface area contributed by atoms with Gasteiger partial charge in [0.1, 0.15) is 5.82 Å². The van der Waals surface area contributed by atoms with E-state index in [1.807, 2.05) is 0 Å². The molecular formula is C11H19N3O2S2. The minimum atomic E-state index is -2.88. The van der Waals surface area contributed by atoms with E-state index < -0.39 is 9.84 Å². The van der Waals surface area contributed by atoms with Gasteiger partial charge in [-0.1, -0.05) is 13.8 Å². The predicted octanol–water partition coefficient (Wildman–Crippen LogP) is 1.73. The molecule has 1 saturated heterocycles. The molecule has 0 amide bonds. The zero-order valence-electron chi connectivity index (χ0n) is 10.7. The summed E-state index contributed by atoms with van der Waals surface area (Å²) in [6.45, 7) is 4.71. The van der Waals surface area contributed by atoms with Crippen LogP contribution in [0.4, 0.5) is 5.13 Å². The summed E-state index contributed by atoms with van der Waals surface area (Å²) < 4.78 is 27.6. The fourth-order valence-corrected chi connectivity index (χ4v) is 4.43. The Morgan fingerprint density at radius 3 is 2.89 bits per heavy atom. The van der Waals surface area contributed by atoms with Crippen molar-refractivity contribution in [3.05, 3.63) is 5.82 Å². The van der Waals surface area contributed by atoms with E-state index >= 15 is 0 Å². The summed E-state index contributed by atoms with van der Waals surface area (Å²) in [4.78, 5) is 4.36. The molecule has 0 bridgehead atoms. The molecule has 1 aromatic heterocycles. The molecule has 1 aliphatic heterocycles. The van der Waals surface area contributed by atoms with Gasteiger partial charge in [-0.3, -0.25) is 0 Å².